The molecule has 0 amide bonds. The van der Waals surface area contributed by atoms with Crippen LogP contribution in [0.1, 0.15) is 30.1 Å². The number of carbonyl (C=O) groups excluding carboxylic acids is 1. The second-order valence-electron chi connectivity index (χ2n) is 3.42. The molecule has 2 N–H and O–H groups in total. The maximum atomic E-state index is 12.8. The van der Waals surface area contributed by atoms with Crippen molar-refractivity contribution in [2.75, 3.05) is 0 Å². The van der Waals surface area contributed by atoms with Crippen LogP contribution in [0.25, 0.3) is 0 Å². The molecule has 0 spiro atoms. The van der Waals surface area contributed by atoms with E-state index in [9.17, 15) is 13.6 Å². The maximum Gasteiger partial charge on any atom is 0.164 e. The lowest BCUT2D eigenvalue weighted by Gasteiger charge is -2.07. The zero-order valence-electron chi connectivity index (χ0n) is 8.47. The van der Waals surface area contributed by atoms with Crippen molar-refractivity contribution in [3.63, 3.8) is 0 Å². The van der Waals surface area contributed by atoms with Crippen molar-refractivity contribution >= 4 is 5.78 Å². The zero-order valence-corrected chi connectivity index (χ0v) is 8.47. The molecular weight excluding hydrogens is 200 g/mol. The largest absolute Gasteiger partial charge is 0.327 e. The zero-order chi connectivity index (χ0) is 11.4. The van der Waals surface area contributed by atoms with Crippen LogP contribution in [0.3, 0.4) is 0 Å². The van der Waals surface area contributed by atoms with Crippen molar-refractivity contribution in [3.05, 3.63) is 35.4 Å². The first-order valence-electron chi connectivity index (χ1n) is 4.78. The van der Waals surface area contributed by atoms with Gasteiger partial charge in [0.15, 0.2) is 17.4 Å². The fourth-order valence-corrected chi connectivity index (χ4v) is 1.17. The molecule has 0 heterocycles. The fourth-order valence-electron chi connectivity index (χ4n) is 1.17. The predicted molar refractivity (Wildman–Crippen MR) is 53.6 cm³/mol. The van der Waals surface area contributed by atoms with Crippen LogP contribution in [0, 0.1) is 11.6 Å². The predicted octanol–water partition coefficient (Wildman–Crippen LogP) is 2.27. The number of halogens is 2. The van der Waals surface area contributed by atoms with E-state index in [-0.39, 0.29) is 23.8 Å². The van der Waals surface area contributed by atoms with Crippen molar-refractivity contribution in [1.29, 1.82) is 0 Å². The van der Waals surface area contributed by atoms with E-state index < -0.39 is 11.6 Å². The lowest BCUT2D eigenvalue weighted by atomic mass is 10.0. The normalized spacial score (nSPS) is 12.5. The molecule has 0 bridgehead atoms. The summed E-state index contributed by atoms with van der Waals surface area (Å²) >= 11 is 0. The Bertz CT molecular complexity index is 366. The van der Waals surface area contributed by atoms with Crippen molar-refractivity contribution in [1.82, 2.24) is 0 Å². The maximum absolute atomic E-state index is 12.8. The minimum atomic E-state index is -1.01. The SMILES string of the molecule is CCC(N)CC(=O)c1ccc(F)c(F)c1. The summed E-state index contributed by atoms with van der Waals surface area (Å²) in [6.07, 6.45) is 0.830. The second kappa shape index (κ2) is 4.98. The average molecular weight is 213 g/mol. The Balaban J connectivity index is 2.78. The van der Waals surface area contributed by atoms with Crippen LogP contribution in [-0.4, -0.2) is 11.8 Å². The van der Waals surface area contributed by atoms with Gasteiger partial charge in [0.05, 0.1) is 0 Å². The van der Waals surface area contributed by atoms with E-state index >= 15 is 0 Å². The number of ketones is 1. The number of nitrogens with two attached hydrogens (primary N) is 1. The first-order chi connectivity index (χ1) is 7.04. The van der Waals surface area contributed by atoms with Gasteiger partial charge in [0.2, 0.25) is 0 Å². The first kappa shape index (κ1) is 11.8. The van der Waals surface area contributed by atoms with E-state index in [1.807, 2.05) is 6.92 Å². The highest BCUT2D eigenvalue weighted by Gasteiger charge is 2.12. The highest BCUT2D eigenvalue weighted by Crippen LogP contribution is 2.11. The summed E-state index contributed by atoms with van der Waals surface area (Å²) in [6, 6.07) is 2.88. The van der Waals surface area contributed by atoms with Gasteiger partial charge in [0.1, 0.15) is 0 Å². The number of Topliss-reactive ketones (excluding diaryl/α,β-unsaturated/α-hetero) is 1. The Morgan fingerprint density at radius 2 is 2.07 bits per heavy atom. The Kier molecular flexibility index (Phi) is 3.91. The van der Waals surface area contributed by atoms with E-state index in [1.54, 1.807) is 0 Å². The van der Waals surface area contributed by atoms with Crippen molar-refractivity contribution in [3.8, 4) is 0 Å². The lowest BCUT2D eigenvalue weighted by Crippen LogP contribution is -2.22. The van der Waals surface area contributed by atoms with Gasteiger partial charge in [-0.25, -0.2) is 8.78 Å². The summed E-state index contributed by atoms with van der Waals surface area (Å²) in [6.45, 7) is 1.86. The van der Waals surface area contributed by atoms with Crippen molar-refractivity contribution in [2.45, 2.75) is 25.8 Å². The molecule has 0 radical (unpaired) electrons. The Morgan fingerprint density at radius 1 is 1.40 bits per heavy atom. The molecule has 82 valence electrons. The molecule has 1 aromatic carbocycles. The first-order valence-corrected chi connectivity index (χ1v) is 4.78. The molecular formula is C11H13F2NO. The van der Waals surface area contributed by atoms with Gasteiger partial charge in [0, 0.05) is 18.0 Å². The number of carbonyl (C=O) groups is 1. The average Bonchev–Trinajstić information content (AvgIpc) is 2.21. The number of hydrogen-bond donors (Lipinski definition) is 1. The highest BCUT2D eigenvalue weighted by molar-refractivity contribution is 5.96. The third-order valence-electron chi connectivity index (χ3n) is 2.21. The minimum Gasteiger partial charge on any atom is -0.327 e. The third-order valence-corrected chi connectivity index (χ3v) is 2.21. The summed E-state index contributed by atoms with van der Waals surface area (Å²) < 4.78 is 25.4. The highest BCUT2D eigenvalue weighted by atomic mass is 19.2. The van der Waals surface area contributed by atoms with Gasteiger partial charge in [-0.15, -0.1) is 0 Å². The standard InChI is InChI=1S/C11H13F2NO/c1-2-8(14)6-11(15)7-3-4-9(12)10(13)5-7/h3-5,8H,2,6,14H2,1H3. The van der Waals surface area contributed by atoms with Gasteiger partial charge in [-0.2, -0.15) is 0 Å². The van der Waals surface area contributed by atoms with E-state index in [0.29, 0.717) is 6.42 Å². The molecule has 0 aliphatic carbocycles. The lowest BCUT2D eigenvalue weighted by molar-refractivity contribution is 0.0973. The summed E-state index contributed by atoms with van der Waals surface area (Å²) in [7, 11) is 0. The molecule has 1 rings (SSSR count). The Labute approximate surface area is 87.1 Å². The van der Waals surface area contributed by atoms with Gasteiger partial charge in [-0.1, -0.05) is 6.92 Å². The van der Waals surface area contributed by atoms with Crippen LogP contribution < -0.4 is 5.73 Å². The number of benzene rings is 1. The van der Waals surface area contributed by atoms with Gasteiger partial charge >= 0.3 is 0 Å². The molecule has 0 aliphatic rings. The summed E-state index contributed by atoms with van der Waals surface area (Å²) in [4.78, 5) is 11.5. The molecule has 1 unspecified atom stereocenters. The molecule has 0 fully saturated rings. The van der Waals surface area contributed by atoms with Crippen LogP contribution in [0.15, 0.2) is 18.2 Å². The summed E-state index contributed by atoms with van der Waals surface area (Å²) in [5.41, 5.74) is 5.76. The Morgan fingerprint density at radius 3 is 2.60 bits per heavy atom. The van der Waals surface area contributed by atoms with Gasteiger partial charge in [-0.05, 0) is 24.6 Å². The number of rotatable bonds is 4. The monoisotopic (exact) mass is 213 g/mol. The second-order valence-corrected chi connectivity index (χ2v) is 3.42. The quantitative estimate of drug-likeness (QED) is 0.779. The molecule has 15 heavy (non-hydrogen) atoms. The molecule has 0 saturated carbocycles. The van der Waals surface area contributed by atoms with Gasteiger partial charge < -0.3 is 5.73 Å². The van der Waals surface area contributed by atoms with Crippen LogP contribution in [0.4, 0.5) is 8.78 Å². The van der Waals surface area contributed by atoms with Crippen molar-refractivity contribution < 1.29 is 13.6 Å². The van der Waals surface area contributed by atoms with Crippen molar-refractivity contribution in [2.24, 2.45) is 5.73 Å². The smallest absolute Gasteiger partial charge is 0.164 e. The van der Waals surface area contributed by atoms with Gasteiger partial charge in [-0.3, -0.25) is 4.79 Å². The van der Waals surface area contributed by atoms with Crippen LogP contribution in [-0.2, 0) is 0 Å². The van der Waals surface area contributed by atoms with E-state index in [0.717, 1.165) is 12.1 Å². The van der Waals surface area contributed by atoms with Crippen LogP contribution >= 0.6 is 0 Å². The Hall–Kier alpha value is -1.29. The molecule has 0 aliphatic heterocycles. The molecule has 0 aromatic heterocycles. The van der Waals surface area contributed by atoms with Gasteiger partial charge in [0.25, 0.3) is 0 Å². The molecule has 2 nitrogen and oxygen atoms in total. The van der Waals surface area contributed by atoms with E-state index in [2.05, 4.69) is 0 Å². The topological polar surface area (TPSA) is 43.1 Å². The summed E-state index contributed by atoms with van der Waals surface area (Å²) in [5, 5.41) is 0. The molecule has 0 saturated heterocycles. The van der Waals surface area contributed by atoms with Crippen LogP contribution in [0.5, 0.6) is 0 Å². The van der Waals surface area contributed by atoms with E-state index in [1.165, 1.54) is 6.07 Å². The fraction of sp³-hybridized carbons (Fsp3) is 0.364. The molecule has 1 aromatic rings. The molecule has 4 heteroatoms. The minimum absolute atomic E-state index is 0.154. The summed E-state index contributed by atoms with van der Waals surface area (Å²) in [5.74, 6) is -2.22. The van der Waals surface area contributed by atoms with Crippen LogP contribution in [0.2, 0.25) is 0 Å². The third kappa shape index (κ3) is 3.09. The van der Waals surface area contributed by atoms with E-state index in [4.69, 9.17) is 5.73 Å². The number of hydrogen-bond acceptors (Lipinski definition) is 2. The molecule has 1 atom stereocenters.